The summed E-state index contributed by atoms with van der Waals surface area (Å²) < 4.78 is 18.2. The van der Waals surface area contributed by atoms with Crippen molar-refractivity contribution in [1.82, 2.24) is 25.5 Å². The molecule has 9 nitrogen and oxygen atoms in total. The molecule has 1 fully saturated rings. The molecule has 0 radical (unpaired) electrons. The lowest BCUT2D eigenvalue weighted by atomic mass is 10.1. The quantitative estimate of drug-likeness (QED) is 0.759. The van der Waals surface area contributed by atoms with Crippen molar-refractivity contribution in [2.75, 3.05) is 20.4 Å². The van der Waals surface area contributed by atoms with Crippen LogP contribution < -0.4 is 25.1 Å². The zero-order valence-electron chi connectivity index (χ0n) is 15.3. The molecule has 2 N–H and O–H groups in total. The third-order valence-corrected chi connectivity index (χ3v) is 4.63. The van der Waals surface area contributed by atoms with Crippen LogP contribution in [0.4, 0.5) is 0 Å². The van der Waals surface area contributed by atoms with Crippen molar-refractivity contribution in [1.29, 1.82) is 0 Å². The lowest BCUT2D eigenvalue weighted by molar-refractivity contribution is -0.132. The Labute approximate surface area is 157 Å². The maximum absolute atomic E-state index is 12.6. The number of rotatable bonds is 6. The number of carbonyl (C=O) groups excluding carboxylic acids is 1. The normalized spacial score (nSPS) is 20.7. The van der Waals surface area contributed by atoms with Crippen molar-refractivity contribution in [3.8, 4) is 17.2 Å². The Kier molecular flexibility index (Phi) is 4.87. The Morgan fingerprint density at radius 3 is 3.04 bits per heavy atom. The average molecular weight is 373 g/mol. The number of likely N-dealkylation sites (N-methyl/N-ethyl adjacent to an activating group) is 1. The predicted molar refractivity (Wildman–Crippen MR) is 96.2 cm³/mol. The lowest BCUT2D eigenvalue weighted by Crippen LogP contribution is -2.44. The number of aromatic nitrogens is 2. The molecule has 0 spiro atoms. The first-order valence-electron chi connectivity index (χ1n) is 8.84. The van der Waals surface area contributed by atoms with Gasteiger partial charge in [-0.05, 0) is 18.6 Å². The van der Waals surface area contributed by atoms with Gasteiger partial charge in [0.15, 0.2) is 11.5 Å². The minimum atomic E-state index is -0.281. The van der Waals surface area contributed by atoms with Gasteiger partial charge in [0.25, 0.3) is 0 Å². The highest BCUT2D eigenvalue weighted by molar-refractivity contribution is 5.82. The molecule has 144 valence electrons. The van der Waals surface area contributed by atoms with E-state index in [-0.39, 0.29) is 24.8 Å². The molecule has 1 aromatic carbocycles. The van der Waals surface area contributed by atoms with Crippen LogP contribution in [0.1, 0.15) is 12.0 Å². The van der Waals surface area contributed by atoms with Crippen molar-refractivity contribution in [2.45, 2.75) is 25.0 Å². The summed E-state index contributed by atoms with van der Waals surface area (Å²) in [7, 11) is 3.66. The number of hydrazine groups is 1. The van der Waals surface area contributed by atoms with Crippen molar-refractivity contribution < 1.29 is 19.0 Å². The van der Waals surface area contributed by atoms with Crippen LogP contribution in [0, 0.1) is 0 Å². The number of fused-ring (bicyclic) bond motifs is 1. The smallest absolute Gasteiger partial charge is 0.241 e. The molecule has 2 atom stereocenters. The SMILES string of the molecule is CN(Cc1cnn(C)c1)C(=O)C1CC(COc2ccc3c(c2)OCO3)NN1. The number of ether oxygens (including phenoxy) is 3. The molecule has 0 saturated carbocycles. The summed E-state index contributed by atoms with van der Waals surface area (Å²) in [5.74, 6) is 2.17. The van der Waals surface area contributed by atoms with Gasteiger partial charge in [0.2, 0.25) is 12.7 Å². The maximum Gasteiger partial charge on any atom is 0.241 e. The number of nitrogens with zero attached hydrogens (tertiary/aromatic N) is 3. The Hall–Kier alpha value is -2.78. The Balaban J connectivity index is 1.26. The number of amides is 1. The predicted octanol–water partition coefficient (Wildman–Crippen LogP) is 0.421. The van der Waals surface area contributed by atoms with Crippen molar-refractivity contribution in [2.24, 2.45) is 7.05 Å². The highest BCUT2D eigenvalue weighted by Crippen LogP contribution is 2.35. The molecule has 0 bridgehead atoms. The molecule has 2 aliphatic rings. The molecule has 27 heavy (non-hydrogen) atoms. The molecule has 2 unspecified atom stereocenters. The molecule has 4 rings (SSSR count). The second kappa shape index (κ2) is 7.45. The van der Waals surface area contributed by atoms with Gasteiger partial charge in [-0.15, -0.1) is 0 Å². The zero-order chi connectivity index (χ0) is 18.8. The number of hydrogen-bond acceptors (Lipinski definition) is 7. The molecule has 0 aliphatic carbocycles. The summed E-state index contributed by atoms with van der Waals surface area (Å²) in [4.78, 5) is 14.3. The van der Waals surface area contributed by atoms with Gasteiger partial charge in [-0.1, -0.05) is 0 Å². The van der Waals surface area contributed by atoms with Gasteiger partial charge in [-0.2, -0.15) is 5.10 Å². The first kappa shape index (κ1) is 17.6. The topological polar surface area (TPSA) is 89.9 Å². The van der Waals surface area contributed by atoms with E-state index in [2.05, 4.69) is 16.0 Å². The van der Waals surface area contributed by atoms with E-state index in [1.54, 1.807) is 22.8 Å². The second-order valence-electron chi connectivity index (χ2n) is 6.82. The summed E-state index contributed by atoms with van der Waals surface area (Å²) in [6, 6.07) is 5.25. The van der Waals surface area contributed by atoms with Gasteiger partial charge in [-0.3, -0.25) is 14.9 Å². The van der Waals surface area contributed by atoms with Crippen molar-refractivity contribution in [3.05, 3.63) is 36.2 Å². The van der Waals surface area contributed by atoms with Gasteiger partial charge >= 0.3 is 0 Å². The minimum Gasteiger partial charge on any atom is -0.492 e. The fourth-order valence-corrected chi connectivity index (χ4v) is 3.23. The maximum atomic E-state index is 12.6. The van der Waals surface area contributed by atoms with Crippen LogP contribution in [0.3, 0.4) is 0 Å². The molecular formula is C18H23N5O4. The number of hydrogen-bond donors (Lipinski definition) is 2. The molecule has 9 heteroatoms. The van der Waals surface area contributed by atoms with Crippen LogP contribution in [0.5, 0.6) is 17.2 Å². The summed E-state index contributed by atoms with van der Waals surface area (Å²) in [6.45, 7) is 1.22. The first-order chi connectivity index (χ1) is 13.1. The van der Waals surface area contributed by atoms with Crippen molar-refractivity contribution in [3.63, 3.8) is 0 Å². The van der Waals surface area contributed by atoms with Crippen LogP contribution in [-0.2, 0) is 18.4 Å². The fourth-order valence-electron chi connectivity index (χ4n) is 3.23. The fraction of sp³-hybridized carbons (Fsp3) is 0.444. The molecular weight excluding hydrogens is 350 g/mol. The van der Waals surface area contributed by atoms with Gasteiger partial charge in [0.1, 0.15) is 18.4 Å². The van der Waals surface area contributed by atoms with Gasteiger partial charge < -0.3 is 19.1 Å². The first-order valence-corrected chi connectivity index (χ1v) is 8.84. The number of nitrogens with one attached hydrogen (secondary N) is 2. The third kappa shape index (κ3) is 3.99. The average Bonchev–Trinajstić information content (AvgIpc) is 3.39. The Morgan fingerprint density at radius 2 is 2.22 bits per heavy atom. The number of benzene rings is 1. The summed E-state index contributed by atoms with van der Waals surface area (Å²) in [6.07, 6.45) is 4.33. The molecule has 3 heterocycles. The van der Waals surface area contributed by atoms with E-state index in [1.807, 2.05) is 31.4 Å². The summed E-state index contributed by atoms with van der Waals surface area (Å²) in [5.41, 5.74) is 7.21. The van der Waals surface area contributed by atoms with Gasteiger partial charge in [-0.25, -0.2) is 5.43 Å². The van der Waals surface area contributed by atoms with Crippen LogP contribution in [0.2, 0.25) is 0 Å². The van der Waals surface area contributed by atoms with E-state index in [0.717, 1.165) is 11.3 Å². The van der Waals surface area contributed by atoms with Crippen LogP contribution in [0.15, 0.2) is 30.6 Å². The highest BCUT2D eigenvalue weighted by Gasteiger charge is 2.31. The van der Waals surface area contributed by atoms with E-state index < -0.39 is 0 Å². The zero-order valence-corrected chi connectivity index (χ0v) is 15.3. The standard InChI is InChI=1S/C18H23N5O4/c1-22(8-12-7-19-23(2)9-12)18(24)15-5-13(20-21-15)10-25-14-3-4-16-17(6-14)27-11-26-16/h3-4,6-7,9,13,15,20-21H,5,8,10-11H2,1-2H3. The third-order valence-electron chi connectivity index (χ3n) is 4.63. The lowest BCUT2D eigenvalue weighted by Gasteiger charge is -2.20. The van der Waals surface area contributed by atoms with Crippen LogP contribution >= 0.6 is 0 Å². The van der Waals surface area contributed by atoms with E-state index in [0.29, 0.717) is 31.1 Å². The summed E-state index contributed by atoms with van der Waals surface area (Å²) in [5, 5.41) is 4.13. The molecule has 2 aliphatic heterocycles. The van der Waals surface area contributed by atoms with E-state index >= 15 is 0 Å². The van der Waals surface area contributed by atoms with E-state index in [9.17, 15) is 4.79 Å². The van der Waals surface area contributed by atoms with E-state index in [1.165, 1.54) is 0 Å². The minimum absolute atomic E-state index is 0.0381. The monoisotopic (exact) mass is 373 g/mol. The number of aryl methyl sites for hydroxylation is 1. The molecule has 1 saturated heterocycles. The van der Waals surface area contributed by atoms with Gasteiger partial charge in [0.05, 0.1) is 12.2 Å². The molecule has 1 amide bonds. The Morgan fingerprint density at radius 1 is 1.37 bits per heavy atom. The van der Waals surface area contributed by atoms with Gasteiger partial charge in [0, 0.05) is 38.5 Å². The largest absolute Gasteiger partial charge is 0.492 e. The van der Waals surface area contributed by atoms with E-state index in [4.69, 9.17) is 14.2 Å². The second-order valence-corrected chi connectivity index (χ2v) is 6.82. The highest BCUT2D eigenvalue weighted by atomic mass is 16.7. The summed E-state index contributed by atoms with van der Waals surface area (Å²) >= 11 is 0. The molecule has 2 aromatic rings. The Bertz CT molecular complexity index is 824. The van der Waals surface area contributed by atoms with Crippen LogP contribution in [-0.4, -0.2) is 53.1 Å². The van der Waals surface area contributed by atoms with Crippen LogP contribution in [0.25, 0.3) is 0 Å². The molecule has 1 aromatic heterocycles. The number of carbonyl (C=O) groups is 1. The van der Waals surface area contributed by atoms with Crippen molar-refractivity contribution >= 4 is 5.91 Å².